The van der Waals surface area contributed by atoms with Crippen LogP contribution in [0.4, 0.5) is 5.13 Å². The minimum Gasteiger partial charge on any atom is -0.282 e. The van der Waals surface area contributed by atoms with Crippen LogP contribution in [0.15, 0.2) is 42.5 Å². The predicted molar refractivity (Wildman–Crippen MR) is 124 cm³/mol. The molecule has 0 radical (unpaired) electrons. The third kappa shape index (κ3) is 3.98. The molecular weight excluding hydrogens is 416 g/mol. The summed E-state index contributed by atoms with van der Waals surface area (Å²) < 4.78 is 2.94. The number of aryl methyl sites for hydroxylation is 4. The van der Waals surface area contributed by atoms with E-state index in [1.807, 2.05) is 74.8 Å². The number of amides is 1. The molecule has 7 heteroatoms. The first-order valence-electron chi connectivity index (χ1n) is 9.78. The molecule has 0 spiro atoms. The number of hydrogen-bond donors (Lipinski definition) is 0. The Morgan fingerprint density at radius 2 is 1.83 bits per heavy atom. The van der Waals surface area contributed by atoms with Gasteiger partial charge in [0.05, 0.1) is 22.5 Å². The molecule has 0 aliphatic carbocycles. The number of rotatable bonds is 5. The summed E-state index contributed by atoms with van der Waals surface area (Å²) in [4.78, 5) is 20.0. The summed E-state index contributed by atoms with van der Waals surface area (Å²) in [5.41, 5.74) is 5.57. The lowest BCUT2D eigenvalue weighted by molar-refractivity contribution is 0.0985. The summed E-state index contributed by atoms with van der Waals surface area (Å²) in [5, 5.41) is 5.88. The molecule has 154 valence electrons. The van der Waals surface area contributed by atoms with Gasteiger partial charge in [-0.2, -0.15) is 5.10 Å². The summed E-state index contributed by atoms with van der Waals surface area (Å²) in [6.07, 6.45) is 0. The fourth-order valence-corrected chi connectivity index (χ4v) is 4.64. The van der Waals surface area contributed by atoms with Crippen molar-refractivity contribution in [2.75, 3.05) is 11.4 Å². The van der Waals surface area contributed by atoms with Gasteiger partial charge in [0.15, 0.2) is 5.13 Å². The molecule has 5 nitrogen and oxygen atoms in total. The Kier molecular flexibility index (Phi) is 5.62. The van der Waals surface area contributed by atoms with E-state index >= 15 is 0 Å². The summed E-state index contributed by atoms with van der Waals surface area (Å²) in [6, 6.07) is 13.5. The van der Waals surface area contributed by atoms with Crippen molar-refractivity contribution in [3.05, 3.63) is 75.6 Å². The predicted octanol–water partition coefficient (Wildman–Crippen LogP) is 5.73. The van der Waals surface area contributed by atoms with Crippen LogP contribution in [-0.4, -0.2) is 27.2 Å². The molecule has 2 heterocycles. The number of thiazole rings is 1. The highest BCUT2D eigenvalue weighted by molar-refractivity contribution is 7.22. The van der Waals surface area contributed by atoms with E-state index in [4.69, 9.17) is 16.6 Å². The Morgan fingerprint density at radius 3 is 2.50 bits per heavy atom. The van der Waals surface area contributed by atoms with Crippen LogP contribution in [0.5, 0.6) is 0 Å². The smallest absolute Gasteiger partial charge is 0.260 e. The highest BCUT2D eigenvalue weighted by Crippen LogP contribution is 2.34. The van der Waals surface area contributed by atoms with Gasteiger partial charge in [0, 0.05) is 22.8 Å². The molecule has 0 saturated carbocycles. The minimum atomic E-state index is -0.0701. The molecule has 0 unspecified atom stereocenters. The van der Waals surface area contributed by atoms with Gasteiger partial charge in [-0.1, -0.05) is 40.6 Å². The highest BCUT2D eigenvalue weighted by atomic mass is 35.5. The zero-order valence-electron chi connectivity index (χ0n) is 17.4. The third-order valence-electron chi connectivity index (χ3n) is 5.15. The van der Waals surface area contributed by atoms with E-state index in [0.29, 0.717) is 28.8 Å². The topological polar surface area (TPSA) is 51.0 Å². The molecule has 4 aromatic rings. The van der Waals surface area contributed by atoms with Crippen molar-refractivity contribution in [2.45, 2.75) is 34.2 Å². The second-order valence-corrected chi connectivity index (χ2v) is 8.90. The number of carbonyl (C=O) groups is 1. The van der Waals surface area contributed by atoms with Gasteiger partial charge in [-0.25, -0.2) is 4.98 Å². The number of nitrogens with zero attached hydrogens (tertiary/aromatic N) is 4. The van der Waals surface area contributed by atoms with Gasteiger partial charge < -0.3 is 0 Å². The van der Waals surface area contributed by atoms with Crippen LogP contribution < -0.4 is 4.90 Å². The Balaban J connectivity index is 1.72. The fourth-order valence-electron chi connectivity index (χ4n) is 3.44. The summed E-state index contributed by atoms with van der Waals surface area (Å²) >= 11 is 7.79. The zero-order chi connectivity index (χ0) is 21.4. The Morgan fingerprint density at radius 1 is 1.10 bits per heavy atom. The standard InChI is InChI=1S/C23H23ClN4OS/c1-14-5-7-18(8-6-14)22(29)27(11-12-28-16(3)13-15(2)26-28)23-25-21-17(4)19(24)9-10-20(21)30-23/h5-10,13H,11-12H2,1-4H3. The van der Waals surface area contributed by atoms with Gasteiger partial charge >= 0.3 is 0 Å². The van der Waals surface area contributed by atoms with E-state index in [1.165, 1.54) is 11.3 Å². The minimum absolute atomic E-state index is 0.0701. The first-order chi connectivity index (χ1) is 14.3. The van der Waals surface area contributed by atoms with E-state index in [9.17, 15) is 4.79 Å². The molecule has 0 N–H and O–H groups in total. The van der Waals surface area contributed by atoms with Gasteiger partial charge in [-0.05, 0) is 63.6 Å². The molecule has 4 rings (SSSR count). The fraction of sp³-hybridized carbons (Fsp3) is 0.261. The van der Waals surface area contributed by atoms with Gasteiger partial charge in [-0.3, -0.25) is 14.4 Å². The molecule has 0 fully saturated rings. The largest absolute Gasteiger partial charge is 0.282 e. The van der Waals surface area contributed by atoms with Crippen molar-refractivity contribution in [1.82, 2.24) is 14.8 Å². The quantitative estimate of drug-likeness (QED) is 0.400. The molecule has 0 atom stereocenters. The first kappa shape index (κ1) is 20.6. The number of fused-ring (bicyclic) bond motifs is 1. The van der Waals surface area contributed by atoms with Crippen LogP contribution in [0.3, 0.4) is 0 Å². The summed E-state index contributed by atoms with van der Waals surface area (Å²) in [5.74, 6) is -0.0701. The van der Waals surface area contributed by atoms with Crippen LogP contribution in [-0.2, 0) is 6.54 Å². The Bertz CT molecular complexity index is 1230. The molecule has 0 bridgehead atoms. The molecule has 0 aliphatic heterocycles. The van der Waals surface area contributed by atoms with Crippen molar-refractivity contribution in [3.63, 3.8) is 0 Å². The maximum atomic E-state index is 13.4. The molecule has 1 amide bonds. The van der Waals surface area contributed by atoms with E-state index in [1.54, 1.807) is 4.90 Å². The number of carbonyl (C=O) groups excluding carboxylic acids is 1. The zero-order valence-corrected chi connectivity index (χ0v) is 19.0. The first-order valence-corrected chi connectivity index (χ1v) is 11.0. The SMILES string of the molecule is Cc1ccc(C(=O)N(CCn2nc(C)cc2C)c2nc3c(C)c(Cl)ccc3s2)cc1. The molecular formula is C23H23ClN4OS. The van der Waals surface area contributed by atoms with Crippen LogP contribution in [0.2, 0.25) is 5.02 Å². The van der Waals surface area contributed by atoms with Crippen LogP contribution in [0.25, 0.3) is 10.2 Å². The number of aromatic nitrogens is 3. The summed E-state index contributed by atoms with van der Waals surface area (Å²) in [7, 11) is 0. The molecule has 2 aromatic carbocycles. The maximum Gasteiger partial charge on any atom is 0.260 e. The van der Waals surface area contributed by atoms with E-state index in [0.717, 1.165) is 32.7 Å². The van der Waals surface area contributed by atoms with Crippen molar-refractivity contribution in [1.29, 1.82) is 0 Å². The van der Waals surface area contributed by atoms with Crippen LogP contribution in [0, 0.1) is 27.7 Å². The average Bonchev–Trinajstić information content (AvgIpc) is 3.28. The molecule has 0 saturated heterocycles. The van der Waals surface area contributed by atoms with Gasteiger partial charge in [0.2, 0.25) is 0 Å². The lowest BCUT2D eigenvalue weighted by Crippen LogP contribution is -2.34. The molecule has 0 aliphatic rings. The van der Waals surface area contributed by atoms with Crippen molar-refractivity contribution < 1.29 is 4.79 Å². The number of halogens is 1. The van der Waals surface area contributed by atoms with E-state index in [-0.39, 0.29) is 5.91 Å². The molecule has 2 aromatic heterocycles. The third-order valence-corrected chi connectivity index (χ3v) is 6.60. The number of hydrogen-bond acceptors (Lipinski definition) is 4. The van der Waals surface area contributed by atoms with E-state index in [2.05, 4.69) is 5.10 Å². The second kappa shape index (κ2) is 8.20. The Hall–Kier alpha value is -2.70. The van der Waals surface area contributed by atoms with E-state index < -0.39 is 0 Å². The molecule has 30 heavy (non-hydrogen) atoms. The average molecular weight is 439 g/mol. The van der Waals surface area contributed by atoms with Crippen molar-refractivity contribution >= 4 is 44.2 Å². The van der Waals surface area contributed by atoms with Crippen LogP contribution in [0.1, 0.15) is 32.9 Å². The highest BCUT2D eigenvalue weighted by Gasteiger charge is 2.22. The van der Waals surface area contributed by atoms with Crippen molar-refractivity contribution in [2.24, 2.45) is 0 Å². The lowest BCUT2D eigenvalue weighted by Gasteiger charge is -2.20. The van der Waals surface area contributed by atoms with Gasteiger partial charge in [0.1, 0.15) is 0 Å². The van der Waals surface area contributed by atoms with Crippen molar-refractivity contribution in [3.8, 4) is 0 Å². The normalized spacial score (nSPS) is 11.2. The van der Waals surface area contributed by atoms with Gasteiger partial charge in [0.25, 0.3) is 5.91 Å². The number of benzene rings is 2. The lowest BCUT2D eigenvalue weighted by atomic mass is 10.1. The monoisotopic (exact) mass is 438 g/mol. The second-order valence-electron chi connectivity index (χ2n) is 7.49. The Labute approximate surface area is 184 Å². The maximum absolute atomic E-state index is 13.4. The van der Waals surface area contributed by atoms with Crippen LogP contribution >= 0.6 is 22.9 Å². The summed E-state index contributed by atoms with van der Waals surface area (Å²) in [6.45, 7) is 9.02. The van der Waals surface area contributed by atoms with Gasteiger partial charge in [-0.15, -0.1) is 0 Å². The number of anilines is 1.